The highest BCUT2D eigenvalue weighted by atomic mass is 35.5. The van der Waals surface area contributed by atoms with Crippen molar-refractivity contribution in [3.05, 3.63) is 62.1 Å². The lowest BCUT2D eigenvalue weighted by Gasteiger charge is -2.07. The first-order valence-corrected chi connectivity index (χ1v) is 7.82. The van der Waals surface area contributed by atoms with Crippen LogP contribution < -0.4 is 10.2 Å². The summed E-state index contributed by atoms with van der Waals surface area (Å²) in [6.07, 6.45) is 1.39. The summed E-state index contributed by atoms with van der Waals surface area (Å²) in [6.45, 7) is -0.248. The van der Waals surface area contributed by atoms with Crippen molar-refractivity contribution < 1.29 is 9.53 Å². The molecule has 0 saturated carbocycles. The van der Waals surface area contributed by atoms with Gasteiger partial charge in [-0.1, -0.05) is 58.5 Å². The number of carbonyl (C=O) groups is 1. The van der Waals surface area contributed by atoms with E-state index in [2.05, 4.69) is 10.5 Å². The Bertz CT molecular complexity index is 750. The smallest absolute Gasteiger partial charge is 0.277 e. The third-order valence-electron chi connectivity index (χ3n) is 2.63. The topological polar surface area (TPSA) is 50.7 Å². The Hall–Kier alpha value is -1.46. The van der Waals surface area contributed by atoms with Gasteiger partial charge in [-0.25, -0.2) is 5.43 Å². The molecule has 120 valence electrons. The molecule has 8 heteroatoms. The van der Waals surface area contributed by atoms with E-state index in [1.54, 1.807) is 30.3 Å². The first-order valence-electron chi connectivity index (χ1n) is 6.31. The van der Waals surface area contributed by atoms with Crippen LogP contribution in [0.4, 0.5) is 0 Å². The molecule has 0 unspecified atom stereocenters. The molecule has 0 aromatic heterocycles. The molecule has 1 N–H and O–H groups in total. The lowest BCUT2D eigenvalue weighted by molar-refractivity contribution is -0.123. The number of ether oxygens (including phenoxy) is 1. The van der Waals surface area contributed by atoms with Crippen LogP contribution in [0.25, 0.3) is 0 Å². The van der Waals surface area contributed by atoms with Crippen molar-refractivity contribution in [1.29, 1.82) is 0 Å². The number of hydrogen-bond acceptors (Lipinski definition) is 3. The Kier molecular flexibility index (Phi) is 6.54. The number of nitrogens with zero attached hydrogens (tertiary/aromatic N) is 1. The summed E-state index contributed by atoms with van der Waals surface area (Å²) < 4.78 is 5.28. The molecule has 0 aliphatic rings. The van der Waals surface area contributed by atoms with Gasteiger partial charge in [0.05, 0.1) is 21.3 Å². The van der Waals surface area contributed by atoms with Gasteiger partial charge >= 0.3 is 0 Å². The molecular formula is C15H10Cl4N2O2. The van der Waals surface area contributed by atoms with Crippen LogP contribution in [0.2, 0.25) is 20.1 Å². The Morgan fingerprint density at radius 3 is 2.65 bits per heavy atom. The van der Waals surface area contributed by atoms with Gasteiger partial charge in [0.15, 0.2) is 6.61 Å². The number of rotatable bonds is 5. The summed E-state index contributed by atoms with van der Waals surface area (Å²) in [5.74, 6) is -0.0986. The average molecular weight is 392 g/mol. The Morgan fingerprint density at radius 1 is 1.13 bits per heavy atom. The number of hydrazone groups is 1. The van der Waals surface area contributed by atoms with E-state index in [4.69, 9.17) is 51.1 Å². The minimum Gasteiger partial charge on any atom is -0.482 e. The van der Waals surface area contributed by atoms with Gasteiger partial charge in [-0.15, -0.1) is 0 Å². The predicted octanol–water partition coefficient (Wildman–Crippen LogP) is 4.83. The van der Waals surface area contributed by atoms with Gasteiger partial charge in [0.1, 0.15) is 5.75 Å². The summed E-state index contributed by atoms with van der Waals surface area (Å²) in [5.41, 5.74) is 2.90. The lowest BCUT2D eigenvalue weighted by Crippen LogP contribution is -2.24. The molecule has 0 atom stereocenters. The van der Waals surface area contributed by atoms with Crippen LogP contribution in [0, 0.1) is 0 Å². The number of hydrogen-bond donors (Lipinski definition) is 1. The van der Waals surface area contributed by atoms with Crippen LogP contribution in [0.1, 0.15) is 5.56 Å². The van der Waals surface area contributed by atoms with E-state index in [0.717, 1.165) is 0 Å². The quantitative estimate of drug-likeness (QED) is 0.586. The highest BCUT2D eigenvalue weighted by Crippen LogP contribution is 2.27. The van der Waals surface area contributed by atoms with E-state index in [9.17, 15) is 4.79 Å². The normalized spacial score (nSPS) is 10.8. The van der Waals surface area contributed by atoms with Crippen LogP contribution in [-0.2, 0) is 4.79 Å². The second-order valence-corrected chi connectivity index (χ2v) is 5.93. The number of benzene rings is 2. The summed E-state index contributed by atoms with van der Waals surface area (Å²) in [7, 11) is 0. The van der Waals surface area contributed by atoms with E-state index in [-0.39, 0.29) is 6.61 Å². The molecule has 0 aliphatic carbocycles. The summed E-state index contributed by atoms with van der Waals surface area (Å²) in [5, 5.41) is 5.35. The van der Waals surface area contributed by atoms with Gasteiger partial charge in [-0.05, 0) is 24.3 Å². The SMILES string of the molecule is O=C(COc1ccc(Cl)cc1Cl)N/N=C\c1cccc(Cl)c1Cl. The second-order valence-electron chi connectivity index (χ2n) is 4.30. The third kappa shape index (κ3) is 5.29. The van der Waals surface area contributed by atoms with Crippen molar-refractivity contribution >= 4 is 58.5 Å². The molecule has 0 radical (unpaired) electrons. The number of nitrogens with one attached hydrogen (secondary N) is 1. The Balaban J connectivity index is 1.87. The minimum atomic E-state index is -0.453. The maximum atomic E-state index is 11.7. The second kappa shape index (κ2) is 8.41. The molecule has 2 rings (SSSR count). The fraction of sp³-hybridized carbons (Fsp3) is 0.0667. The van der Waals surface area contributed by atoms with Crippen LogP contribution in [-0.4, -0.2) is 18.7 Å². The minimum absolute atomic E-state index is 0.248. The molecule has 23 heavy (non-hydrogen) atoms. The fourth-order valence-electron chi connectivity index (χ4n) is 1.56. The molecule has 0 spiro atoms. The van der Waals surface area contributed by atoms with Gasteiger partial charge in [0, 0.05) is 10.6 Å². The van der Waals surface area contributed by atoms with Gasteiger partial charge < -0.3 is 4.74 Å². The van der Waals surface area contributed by atoms with Crippen molar-refractivity contribution in [1.82, 2.24) is 5.43 Å². The van der Waals surface area contributed by atoms with E-state index < -0.39 is 5.91 Å². The molecule has 0 fully saturated rings. The zero-order valence-corrected chi connectivity index (χ0v) is 14.5. The van der Waals surface area contributed by atoms with Gasteiger partial charge in [0.2, 0.25) is 0 Å². The molecule has 4 nitrogen and oxygen atoms in total. The average Bonchev–Trinajstić information content (AvgIpc) is 2.50. The molecule has 2 aromatic rings. The number of carbonyl (C=O) groups excluding carboxylic acids is 1. The van der Waals surface area contributed by atoms with Crippen LogP contribution in [0.15, 0.2) is 41.5 Å². The zero-order valence-electron chi connectivity index (χ0n) is 11.5. The summed E-state index contributed by atoms with van der Waals surface area (Å²) >= 11 is 23.6. The van der Waals surface area contributed by atoms with Crippen LogP contribution in [0.3, 0.4) is 0 Å². The van der Waals surface area contributed by atoms with Gasteiger partial charge in [-0.3, -0.25) is 4.79 Å². The van der Waals surface area contributed by atoms with Crippen molar-refractivity contribution in [3.63, 3.8) is 0 Å². The van der Waals surface area contributed by atoms with Gasteiger partial charge in [0.25, 0.3) is 5.91 Å². The van der Waals surface area contributed by atoms with Crippen molar-refractivity contribution in [2.45, 2.75) is 0 Å². The number of amides is 1. The van der Waals surface area contributed by atoms with Gasteiger partial charge in [-0.2, -0.15) is 5.10 Å². The Labute approximate surface area is 152 Å². The molecule has 2 aromatic carbocycles. The van der Waals surface area contributed by atoms with E-state index in [1.165, 1.54) is 12.3 Å². The predicted molar refractivity (Wildman–Crippen MR) is 94.2 cm³/mol. The largest absolute Gasteiger partial charge is 0.482 e. The zero-order chi connectivity index (χ0) is 16.8. The molecule has 0 saturated heterocycles. The van der Waals surface area contributed by atoms with Crippen LogP contribution in [0.5, 0.6) is 5.75 Å². The Morgan fingerprint density at radius 2 is 1.91 bits per heavy atom. The maximum Gasteiger partial charge on any atom is 0.277 e. The summed E-state index contributed by atoms with van der Waals surface area (Å²) in [4.78, 5) is 11.7. The molecular weight excluding hydrogens is 382 g/mol. The molecule has 0 heterocycles. The van der Waals surface area contributed by atoms with Crippen molar-refractivity contribution in [3.8, 4) is 5.75 Å². The monoisotopic (exact) mass is 390 g/mol. The van der Waals surface area contributed by atoms with E-state index in [0.29, 0.717) is 31.4 Å². The number of halogens is 4. The van der Waals surface area contributed by atoms with Crippen LogP contribution >= 0.6 is 46.4 Å². The highest BCUT2D eigenvalue weighted by Gasteiger charge is 2.06. The fourth-order valence-corrected chi connectivity index (χ4v) is 2.38. The molecule has 0 aliphatic heterocycles. The third-order valence-corrected chi connectivity index (χ3v) is 3.99. The standard InChI is InChI=1S/C15H10Cl4N2O2/c16-10-4-5-13(12(18)6-10)23-8-14(22)21-20-7-9-2-1-3-11(17)15(9)19/h1-7H,8H2,(H,21,22)/b20-7-. The first-order chi connectivity index (χ1) is 11.0. The first kappa shape index (κ1) is 17.9. The maximum absolute atomic E-state index is 11.7. The highest BCUT2D eigenvalue weighted by molar-refractivity contribution is 6.43. The lowest BCUT2D eigenvalue weighted by atomic mass is 10.2. The van der Waals surface area contributed by atoms with E-state index in [1.807, 2.05) is 0 Å². The van der Waals surface area contributed by atoms with Crippen molar-refractivity contribution in [2.75, 3.05) is 6.61 Å². The molecule has 0 bridgehead atoms. The summed E-state index contributed by atoms with van der Waals surface area (Å²) in [6, 6.07) is 9.81. The van der Waals surface area contributed by atoms with E-state index >= 15 is 0 Å². The van der Waals surface area contributed by atoms with Crippen molar-refractivity contribution in [2.24, 2.45) is 5.10 Å². The molecule has 1 amide bonds.